The molecule has 0 saturated heterocycles. The van der Waals surface area contributed by atoms with Crippen molar-refractivity contribution in [1.29, 1.82) is 0 Å². The molecule has 1 N–H and O–H groups in total. The standard InChI is InChI=1S/C22H34O3/c1-14-11-22-9-6-18-20(3,13-23)7-5-8-21(18,4)19(22)17(25-15(2)24)10-16(14)12-22/h16-19,23H,1,5-13H2,2-4H3/t16-,17-,18+,19-,20+,21+,22+/m0/s1. The van der Waals surface area contributed by atoms with Gasteiger partial charge in [-0.1, -0.05) is 32.4 Å². The summed E-state index contributed by atoms with van der Waals surface area (Å²) in [6, 6.07) is 0. The summed E-state index contributed by atoms with van der Waals surface area (Å²) in [5, 5.41) is 10.2. The van der Waals surface area contributed by atoms with Gasteiger partial charge in [0.2, 0.25) is 0 Å². The smallest absolute Gasteiger partial charge is 0.302 e. The third-order valence-corrected chi connectivity index (χ3v) is 8.78. The number of fused-ring (bicyclic) bond motifs is 3. The van der Waals surface area contributed by atoms with E-state index in [0.29, 0.717) is 17.8 Å². The number of carbonyl (C=O) groups is 1. The van der Waals surface area contributed by atoms with Crippen molar-refractivity contribution in [1.82, 2.24) is 0 Å². The molecule has 4 aliphatic rings. The Balaban J connectivity index is 1.78. The molecule has 7 atom stereocenters. The minimum atomic E-state index is -0.140. The van der Waals surface area contributed by atoms with E-state index in [1.54, 1.807) is 6.92 Å². The Morgan fingerprint density at radius 3 is 2.76 bits per heavy atom. The molecule has 4 aliphatic carbocycles. The Kier molecular flexibility index (Phi) is 3.92. The van der Waals surface area contributed by atoms with Gasteiger partial charge in [0.25, 0.3) is 0 Å². The number of esters is 1. The molecular weight excluding hydrogens is 312 g/mol. The lowest BCUT2D eigenvalue weighted by molar-refractivity contribution is -0.206. The van der Waals surface area contributed by atoms with E-state index in [0.717, 1.165) is 19.3 Å². The molecule has 0 amide bonds. The van der Waals surface area contributed by atoms with Crippen LogP contribution in [0.15, 0.2) is 12.2 Å². The molecule has 0 aromatic rings. The van der Waals surface area contributed by atoms with E-state index < -0.39 is 0 Å². The summed E-state index contributed by atoms with van der Waals surface area (Å²) in [4.78, 5) is 11.9. The summed E-state index contributed by atoms with van der Waals surface area (Å²) >= 11 is 0. The quantitative estimate of drug-likeness (QED) is 0.592. The fourth-order valence-corrected chi connectivity index (χ4v) is 8.09. The number of aliphatic hydroxyl groups excluding tert-OH is 1. The molecule has 4 fully saturated rings. The van der Waals surface area contributed by atoms with Crippen molar-refractivity contribution in [2.75, 3.05) is 6.61 Å². The minimum absolute atomic E-state index is 0.0157. The minimum Gasteiger partial charge on any atom is -0.462 e. The van der Waals surface area contributed by atoms with Crippen molar-refractivity contribution < 1.29 is 14.6 Å². The number of ether oxygens (including phenoxy) is 1. The number of hydrogen-bond donors (Lipinski definition) is 1. The maximum Gasteiger partial charge on any atom is 0.302 e. The molecule has 2 bridgehead atoms. The predicted molar refractivity (Wildman–Crippen MR) is 97.8 cm³/mol. The lowest BCUT2D eigenvalue weighted by atomic mass is 9.40. The monoisotopic (exact) mass is 346 g/mol. The van der Waals surface area contributed by atoms with Gasteiger partial charge in [-0.2, -0.15) is 0 Å². The lowest BCUT2D eigenvalue weighted by Crippen LogP contribution is -2.61. The van der Waals surface area contributed by atoms with E-state index in [2.05, 4.69) is 20.4 Å². The summed E-state index contributed by atoms with van der Waals surface area (Å²) in [6.45, 7) is 11.0. The molecule has 0 unspecified atom stereocenters. The zero-order valence-corrected chi connectivity index (χ0v) is 16.1. The van der Waals surface area contributed by atoms with Crippen LogP contribution in [0.2, 0.25) is 0 Å². The molecule has 4 rings (SSSR count). The number of allylic oxidation sites excluding steroid dienone is 1. The number of rotatable bonds is 2. The van der Waals surface area contributed by atoms with Gasteiger partial charge in [-0.25, -0.2) is 0 Å². The summed E-state index contributed by atoms with van der Waals surface area (Å²) in [7, 11) is 0. The molecule has 25 heavy (non-hydrogen) atoms. The molecule has 3 heteroatoms. The molecular formula is C22H34O3. The van der Waals surface area contributed by atoms with Crippen LogP contribution in [0.5, 0.6) is 0 Å². The number of carbonyl (C=O) groups excluding carboxylic acids is 1. The average Bonchev–Trinajstić information content (AvgIpc) is 2.76. The number of hydrogen-bond acceptors (Lipinski definition) is 3. The van der Waals surface area contributed by atoms with Crippen LogP contribution in [0.1, 0.15) is 72.1 Å². The van der Waals surface area contributed by atoms with Crippen LogP contribution in [0.4, 0.5) is 0 Å². The van der Waals surface area contributed by atoms with E-state index in [1.807, 2.05) is 0 Å². The molecule has 0 aliphatic heterocycles. The van der Waals surface area contributed by atoms with Gasteiger partial charge in [0.05, 0.1) is 0 Å². The maximum absolute atomic E-state index is 11.9. The highest BCUT2D eigenvalue weighted by atomic mass is 16.5. The highest BCUT2D eigenvalue weighted by Gasteiger charge is 2.66. The van der Waals surface area contributed by atoms with E-state index in [4.69, 9.17) is 4.74 Å². The fraction of sp³-hybridized carbons (Fsp3) is 0.864. The average molecular weight is 347 g/mol. The zero-order chi connectivity index (χ0) is 18.0. The third kappa shape index (κ3) is 2.37. The van der Waals surface area contributed by atoms with Crippen molar-refractivity contribution in [2.24, 2.45) is 34.0 Å². The molecule has 0 aromatic carbocycles. The van der Waals surface area contributed by atoms with E-state index >= 15 is 0 Å². The second-order valence-corrected chi connectivity index (χ2v) is 10.2. The van der Waals surface area contributed by atoms with Gasteiger partial charge in [0, 0.05) is 19.4 Å². The largest absolute Gasteiger partial charge is 0.462 e. The molecule has 1 spiro atoms. The van der Waals surface area contributed by atoms with Crippen molar-refractivity contribution in [3.63, 3.8) is 0 Å². The van der Waals surface area contributed by atoms with Gasteiger partial charge in [0.1, 0.15) is 6.10 Å². The zero-order valence-electron chi connectivity index (χ0n) is 16.1. The molecule has 4 saturated carbocycles. The first-order valence-electron chi connectivity index (χ1n) is 10.2. The van der Waals surface area contributed by atoms with Crippen molar-refractivity contribution in [3.8, 4) is 0 Å². The molecule has 140 valence electrons. The van der Waals surface area contributed by atoms with Crippen LogP contribution >= 0.6 is 0 Å². The van der Waals surface area contributed by atoms with Gasteiger partial charge in [-0.15, -0.1) is 0 Å². The Morgan fingerprint density at radius 1 is 1.32 bits per heavy atom. The van der Waals surface area contributed by atoms with Crippen LogP contribution in [0.25, 0.3) is 0 Å². The first-order valence-corrected chi connectivity index (χ1v) is 10.2. The van der Waals surface area contributed by atoms with Crippen molar-refractivity contribution in [3.05, 3.63) is 12.2 Å². The highest BCUT2D eigenvalue weighted by molar-refractivity contribution is 5.66. The molecule has 3 nitrogen and oxygen atoms in total. The van der Waals surface area contributed by atoms with E-state index in [9.17, 15) is 9.90 Å². The van der Waals surface area contributed by atoms with Gasteiger partial charge in [-0.3, -0.25) is 4.79 Å². The summed E-state index contributed by atoms with van der Waals surface area (Å²) in [5.41, 5.74) is 1.84. The van der Waals surface area contributed by atoms with Crippen LogP contribution < -0.4 is 0 Å². The molecule has 0 aromatic heterocycles. The van der Waals surface area contributed by atoms with E-state index in [-0.39, 0.29) is 34.9 Å². The third-order valence-electron chi connectivity index (χ3n) is 8.78. The molecule has 0 heterocycles. The van der Waals surface area contributed by atoms with Crippen molar-refractivity contribution >= 4 is 5.97 Å². The lowest BCUT2D eigenvalue weighted by Gasteiger charge is -2.65. The van der Waals surface area contributed by atoms with Crippen LogP contribution in [-0.4, -0.2) is 23.8 Å². The van der Waals surface area contributed by atoms with E-state index in [1.165, 1.54) is 37.7 Å². The van der Waals surface area contributed by atoms with Gasteiger partial charge in [0.15, 0.2) is 0 Å². The summed E-state index contributed by atoms with van der Waals surface area (Å²) in [5.74, 6) is 1.34. The van der Waals surface area contributed by atoms with Crippen LogP contribution in [0, 0.1) is 34.0 Å². The predicted octanol–water partition coefficient (Wildman–Crippen LogP) is 4.49. The van der Waals surface area contributed by atoms with Gasteiger partial charge in [-0.05, 0) is 73.0 Å². The van der Waals surface area contributed by atoms with Crippen LogP contribution in [0.3, 0.4) is 0 Å². The Morgan fingerprint density at radius 2 is 2.08 bits per heavy atom. The normalized spacial score (nSPS) is 51.6. The topological polar surface area (TPSA) is 46.5 Å². The maximum atomic E-state index is 11.9. The number of aliphatic hydroxyl groups is 1. The molecule has 0 radical (unpaired) electrons. The Labute approximate surface area is 152 Å². The first kappa shape index (κ1) is 17.6. The highest BCUT2D eigenvalue weighted by Crippen LogP contribution is 2.72. The fourth-order valence-electron chi connectivity index (χ4n) is 8.09. The SMILES string of the molecule is C=C1C[C@@]23CC[C@@H]4[C@@](C)(CO)CCC[C@@]4(C)[C@@H]2[C@@H](OC(C)=O)C[C@H]1C3. The van der Waals surface area contributed by atoms with Crippen LogP contribution in [-0.2, 0) is 9.53 Å². The van der Waals surface area contributed by atoms with Crippen molar-refractivity contribution in [2.45, 2.75) is 78.2 Å². The van der Waals surface area contributed by atoms with Gasteiger partial charge < -0.3 is 9.84 Å². The second kappa shape index (κ2) is 5.58. The van der Waals surface area contributed by atoms with Gasteiger partial charge >= 0.3 is 5.97 Å². The summed E-state index contributed by atoms with van der Waals surface area (Å²) in [6.07, 6.45) is 9.27. The second-order valence-electron chi connectivity index (χ2n) is 10.2. The first-order chi connectivity index (χ1) is 11.7. The summed E-state index contributed by atoms with van der Waals surface area (Å²) < 4.78 is 5.96. The Bertz CT molecular complexity index is 598. The Hall–Kier alpha value is -0.830.